The van der Waals surface area contributed by atoms with Crippen molar-refractivity contribution in [1.82, 2.24) is 4.98 Å². The number of hydrogen-bond acceptors (Lipinski definition) is 5. The minimum atomic E-state index is -3.87. The summed E-state index contributed by atoms with van der Waals surface area (Å²) in [6.07, 6.45) is 0.363. The first-order valence-corrected chi connectivity index (χ1v) is 7.57. The van der Waals surface area contributed by atoms with Crippen LogP contribution in [-0.4, -0.2) is 59.0 Å². The molecule has 0 bridgehead atoms. The molecule has 0 saturated carbocycles. The van der Waals surface area contributed by atoms with Gasteiger partial charge in [0.05, 0.1) is 5.75 Å². The van der Waals surface area contributed by atoms with Gasteiger partial charge in [-0.3, -0.25) is 4.55 Å². The number of fused-ring (bicyclic) bond motifs is 1. The zero-order chi connectivity index (χ0) is 12.3. The van der Waals surface area contributed by atoms with Gasteiger partial charge in [0.15, 0.2) is 5.58 Å². The van der Waals surface area contributed by atoms with E-state index < -0.39 is 10.1 Å². The number of benzene rings is 1. The Labute approximate surface area is 131 Å². The molecule has 2 rings (SSSR count). The van der Waals surface area contributed by atoms with Gasteiger partial charge in [-0.25, -0.2) is 4.98 Å². The average molecular weight is 296 g/mol. The molecule has 93 valence electrons. The standard InChI is InChI=1S/C10H11NO4S2.Na/c12-17(13,14)7-3-6-16-10-11-8-4-1-2-5-9(8)15-10;/h1-2,4-5H,3,6-7H2,(H,12,13,14);. The van der Waals surface area contributed by atoms with Crippen molar-refractivity contribution in [2.24, 2.45) is 0 Å². The second-order valence-electron chi connectivity index (χ2n) is 3.44. The summed E-state index contributed by atoms with van der Waals surface area (Å²) in [4.78, 5) is 4.23. The first kappa shape index (κ1) is 16.0. The fourth-order valence-corrected chi connectivity index (χ4v) is 2.78. The Kier molecular flexibility index (Phi) is 6.16. The molecule has 0 aliphatic rings. The molecule has 1 N–H and O–H groups in total. The summed E-state index contributed by atoms with van der Waals surface area (Å²) in [6, 6.07) is 7.41. The summed E-state index contributed by atoms with van der Waals surface area (Å²) < 4.78 is 35.0. The first-order chi connectivity index (χ1) is 8.04. The molecule has 0 aliphatic carbocycles. The molecule has 0 atom stereocenters. The van der Waals surface area contributed by atoms with Gasteiger partial charge in [-0.05, 0) is 18.6 Å². The van der Waals surface area contributed by atoms with Crippen LogP contribution in [-0.2, 0) is 10.1 Å². The van der Waals surface area contributed by atoms with Gasteiger partial charge in [0.25, 0.3) is 15.3 Å². The van der Waals surface area contributed by atoms with Crippen molar-refractivity contribution in [3.63, 3.8) is 0 Å². The van der Waals surface area contributed by atoms with E-state index in [1.807, 2.05) is 24.3 Å². The van der Waals surface area contributed by atoms with Crippen LogP contribution in [0.3, 0.4) is 0 Å². The molecule has 0 amide bonds. The van der Waals surface area contributed by atoms with Gasteiger partial charge in [0.2, 0.25) is 0 Å². The fourth-order valence-electron chi connectivity index (χ4n) is 1.31. The van der Waals surface area contributed by atoms with Crippen LogP contribution in [0.15, 0.2) is 33.9 Å². The molecule has 5 nitrogen and oxygen atoms in total. The van der Waals surface area contributed by atoms with E-state index in [-0.39, 0.29) is 35.3 Å². The number of aromatic nitrogens is 1. The number of para-hydroxylation sites is 2. The topological polar surface area (TPSA) is 80.4 Å². The Bertz CT molecular complexity index is 578. The zero-order valence-electron chi connectivity index (χ0n) is 9.87. The van der Waals surface area contributed by atoms with Crippen molar-refractivity contribution in [2.75, 3.05) is 11.5 Å². The number of oxazole rings is 1. The maximum absolute atomic E-state index is 10.5. The SMILES string of the molecule is O=S(=O)(O)CCCSc1nc2ccccc2o1.[Na]. The maximum atomic E-state index is 10.5. The Morgan fingerprint density at radius 3 is 2.72 bits per heavy atom. The molecule has 0 spiro atoms. The van der Waals surface area contributed by atoms with E-state index in [9.17, 15) is 8.42 Å². The van der Waals surface area contributed by atoms with Crippen LogP contribution in [0.1, 0.15) is 6.42 Å². The summed E-state index contributed by atoms with van der Waals surface area (Å²) in [7, 11) is -3.87. The van der Waals surface area contributed by atoms with E-state index >= 15 is 0 Å². The van der Waals surface area contributed by atoms with E-state index in [2.05, 4.69) is 4.98 Å². The number of rotatable bonds is 5. The smallest absolute Gasteiger partial charge is 0.264 e. The molecule has 1 radical (unpaired) electrons. The van der Waals surface area contributed by atoms with Crippen molar-refractivity contribution >= 4 is 62.5 Å². The van der Waals surface area contributed by atoms with Gasteiger partial charge in [-0.15, -0.1) is 0 Å². The second-order valence-corrected chi connectivity index (χ2v) is 6.05. The van der Waals surface area contributed by atoms with Crippen LogP contribution in [0.4, 0.5) is 0 Å². The number of nitrogens with zero attached hydrogens (tertiary/aromatic N) is 1. The molecule has 8 heteroatoms. The molecular weight excluding hydrogens is 285 g/mol. The molecule has 0 saturated heterocycles. The van der Waals surface area contributed by atoms with Crippen molar-refractivity contribution in [3.8, 4) is 0 Å². The van der Waals surface area contributed by atoms with E-state index in [0.29, 0.717) is 23.0 Å². The molecule has 0 fully saturated rings. The Morgan fingerprint density at radius 1 is 1.33 bits per heavy atom. The van der Waals surface area contributed by atoms with Crippen molar-refractivity contribution in [1.29, 1.82) is 0 Å². The molecule has 18 heavy (non-hydrogen) atoms. The number of hydrogen-bond donors (Lipinski definition) is 1. The second kappa shape index (κ2) is 6.93. The van der Waals surface area contributed by atoms with Gasteiger partial charge in [-0.1, -0.05) is 23.9 Å². The third kappa shape index (κ3) is 4.91. The number of thioether (sulfide) groups is 1. The van der Waals surface area contributed by atoms with E-state index in [1.54, 1.807) is 0 Å². The van der Waals surface area contributed by atoms with Crippen LogP contribution in [0.5, 0.6) is 0 Å². The summed E-state index contributed by atoms with van der Waals surface area (Å²) in [6.45, 7) is 0. The minimum absolute atomic E-state index is 0. The summed E-state index contributed by atoms with van der Waals surface area (Å²) in [5.74, 6) is 0.298. The van der Waals surface area contributed by atoms with Gasteiger partial charge in [-0.2, -0.15) is 8.42 Å². The first-order valence-electron chi connectivity index (χ1n) is 4.98. The molecule has 0 aliphatic heterocycles. The fraction of sp³-hybridized carbons (Fsp3) is 0.300. The predicted molar refractivity (Wildman–Crippen MR) is 71.5 cm³/mol. The third-order valence-corrected chi connectivity index (χ3v) is 3.77. The average Bonchev–Trinajstić information content (AvgIpc) is 2.65. The van der Waals surface area contributed by atoms with Crippen LogP contribution in [0.25, 0.3) is 11.1 Å². The van der Waals surface area contributed by atoms with Gasteiger partial charge in [0, 0.05) is 35.3 Å². The van der Waals surface area contributed by atoms with Gasteiger partial charge in [0.1, 0.15) is 5.52 Å². The maximum Gasteiger partial charge on any atom is 0.264 e. The van der Waals surface area contributed by atoms with Crippen molar-refractivity contribution in [3.05, 3.63) is 24.3 Å². The monoisotopic (exact) mass is 296 g/mol. The van der Waals surface area contributed by atoms with Crippen LogP contribution in [0.2, 0.25) is 0 Å². The summed E-state index contributed by atoms with van der Waals surface area (Å²) in [5.41, 5.74) is 1.49. The van der Waals surface area contributed by atoms with Crippen LogP contribution in [0, 0.1) is 0 Å². The van der Waals surface area contributed by atoms with Crippen LogP contribution < -0.4 is 0 Å². The quantitative estimate of drug-likeness (QED) is 0.392. The summed E-state index contributed by atoms with van der Waals surface area (Å²) >= 11 is 1.33. The largest absolute Gasteiger partial charge is 0.431 e. The normalized spacial score (nSPS) is 11.4. The predicted octanol–water partition coefficient (Wildman–Crippen LogP) is 1.82. The van der Waals surface area contributed by atoms with E-state index in [1.165, 1.54) is 11.8 Å². The van der Waals surface area contributed by atoms with Gasteiger partial charge >= 0.3 is 0 Å². The van der Waals surface area contributed by atoms with Gasteiger partial charge < -0.3 is 4.42 Å². The molecule has 1 aromatic carbocycles. The van der Waals surface area contributed by atoms with E-state index in [0.717, 1.165) is 5.52 Å². The Hall–Kier alpha value is -0.0500. The van der Waals surface area contributed by atoms with E-state index in [4.69, 9.17) is 8.97 Å². The Balaban J connectivity index is 0.00000162. The summed E-state index contributed by atoms with van der Waals surface area (Å²) in [5, 5.41) is 0.515. The van der Waals surface area contributed by atoms with Crippen molar-refractivity contribution in [2.45, 2.75) is 11.6 Å². The molecule has 2 aromatic rings. The minimum Gasteiger partial charge on any atom is -0.431 e. The zero-order valence-corrected chi connectivity index (χ0v) is 13.5. The Morgan fingerprint density at radius 2 is 2.06 bits per heavy atom. The molecule has 1 aromatic heterocycles. The molecule has 0 unspecified atom stereocenters. The third-order valence-electron chi connectivity index (χ3n) is 2.05. The van der Waals surface area contributed by atoms with Crippen molar-refractivity contribution < 1.29 is 17.4 Å². The molecule has 1 heterocycles. The van der Waals surface area contributed by atoms with Crippen LogP contribution >= 0.6 is 11.8 Å². The molecular formula is C10H11NNaO4S2.